The summed E-state index contributed by atoms with van der Waals surface area (Å²) < 4.78 is 0. The number of halogens is 1. The van der Waals surface area contributed by atoms with Crippen LogP contribution in [0.25, 0.3) is 0 Å². The predicted molar refractivity (Wildman–Crippen MR) is 102 cm³/mol. The summed E-state index contributed by atoms with van der Waals surface area (Å²) in [5.41, 5.74) is 1.83. The average molecular weight is 401 g/mol. The van der Waals surface area contributed by atoms with Crippen LogP contribution in [0.2, 0.25) is 0 Å². The van der Waals surface area contributed by atoms with Gasteiger partial charge in [0, 0.05) is 34.7 Å². The molecule has 3 nitrogen and oxygen atoms in total. The molecule has 118 valence electrons. The van der Waals surface area contributed by atoms with E-state index in [1.807, 2.05) is 0 Å². The van der Waals surface area contributed by atoms with Crippen molar-refractivity contribution in [2.45, 2.75) is 25.7 Å². The van der Waals surface area contributed by atoms with E-state index >= 15 is 0 Å². The first-order chi connectivity index (χ1) is 9.52. The third-order valence-electron chi connectivity index (χ3n) is 4.19. The van der Waals surface area contributed by atoms with Crippen LogP contribution >= 0.6 is 24.0 Å². The van der Waals surface area contributed by atoms with Gasteiger partial charge in [0.2, 0.25) is 0 Å². The highest BCUT2D eigenvalue weighted by Crippen LogP contribution is 2.44. The van der Waals surface area contributed by atoms with Gasteiger partial charge < -0.3 is 9.80 Å². The largest absolute Gasteiger partial charge is 0.349 e. The summed E-state index contributed by atoms with van der Waals surface area (Å²) in [6, 6.07) is 10.8. The van der Waals surface area contributed by atoms with Crippen molar-refractivity contribution in [2.24, 2.45) is 10.4 Å². The van der Waals surface area contributed by atoms with E-state index in [0.717, 1.165) is 18.9 Å². The topological polar surface area (TPSA) is 18.8 Å². The number of guanidine groups is 1. The molecule has 0 aromatic heterocycles. The molecule has 1 aliphatic rings. The van der Waals surface area contributed by atoms with Gasteiger partial charge in [-0.2, -0.15) is 0 Å². The van der Waals surface area contributed by atoms with Gasteiger partial charge in [0.1, 0.15) is 0 Å². The molecule has 0 spiro atoms. The van der Waals surface area contributed by atoms with Crippen LogP contribution in [-0.2, 0) is 6.42 Å². The predicted octanol–water partition coefficient (Wildman–Crippen LogP) is 3.50. The lowest BCUT2D eigenvalue weighted by Gasteiger charge is -2.41. The minimum atomic E-state index is 0. The van der Waals surface area contributed by atoms with E-state index in [9.17, 15) is 0 Å². The van der Waals surface area contributed by atoms with E-state index in [2.05, 4.69) is 68.3 Å². The van der Waals surface area contributed by atoms with E-state index < -0.39 is 0 Å². The lowest BCUT2D eigenvalue weighted by molar-refractivity contribution is 0.144. The third-order valence-corrected chi connectivity index (χ3v) is 4.19. The molecule has 1 aliphatic carbocycles. The van der Waals surface area contributed by atoms with Crippen molar-refractivity contribution >= 4 is 29.9 Å². The molecular weight excluding hydrogens is 373 g/mol. The summed E-state index contributed by atoms with van der Waals surface area (Å²) in [5.74, 6) is 1.06. The highest BCUT2D eigenvalue weighted by Gasteiger charge is 2.37. The fraction of sp³-hybridized carbons (Fsp3) is 0.588. The van der Waals surface area contributed by atoms with Gasteiger partial charge in [-0.1, -0.05) is 36.8 Å². The molecule has 0 heterocycles. The van der Waals surface area contributed by atoms with Gasteiger partial charge >= 0.3 is 0 Å². The van der Waals surface area contributed by atoms with Crippen LogP contribution in [0.4, 0.5) is 0 Å². The number of aliphatic imine (C=N–C) groups is 1. The molecule has 0 aliphatic heterocycles. The highest BCUT2D eigenvalue weighted by atomic mass is 127. The van der Waals surface area contributed by atoms with Gasteiger partial charge in [-0.05, 0) is 30.2 Å². The smallest absolute Gasteiger partial charge is 0.195 e. The third kappa shape index (κ3) is 4.87. The Hall–Kier alpha value is -0.780. The minimum Gasteiger partial charge on any atom is -0.349 e. The van der Waals surface area contributed by atoms with Crippen LogP contribution in [0.15, 0.2) is 35.3 Å². The van der Waals surface area contributed by atoms with Crippen LogP contribution in [-0.4, -0.2) is 50.5 Å². The first-order valence-electron chi connectivity index (χ1n) is 7.45. The number of rotatable bonds is 4. The fourth-order valence-corrected chi connectivity index (χ4v) is 3.02. The molecule has 0 amide bonds. The Morgan fingerprint density at radius 1 is 1.05 bits per heavy atom. The van der Waals surface area contributed by atoms with Crippen LogP contribution in [0.3, 0.4) is 0 Å². The maximum Gasteiger partial charge on any atom is 0.195 e. The van der Waals surface area contributed by atoms with E-state index in [1.54, 1.807) is 0 Å². The summed E-state index contributed by atoms with van der Waals surface area (Å²) in [6.07, 6.45) is 5.12. The van der Waals surface area contributed by atoms with Crippen LogP contribution in [0.1, 0.15) is 24.8 Å². The summed E-state index contributed by atoms with van der Waals surface area (Å²) in [5, 5.41) is 0. The van der Waals surface area contributed by atoms with Gasteiger partial charge in [-0.25, -0.2) is 0 Å². The van der Waals surface area contributed by atoms with Gasteiger partial charge in [0.05, 0.1) is 0 Å². The molecule has 0 saturated heterocycles. The Morgan fingerprint density at radius 2 is 1.62 bits per heavy atom. The molecule has 1 aromatic rings. The quantitative estimate of drug-likeness (QED) is 0.437. The Bertz CT molecular complexity index is 440. The molecule has 0 bridgehead atoms. The minimum absolute atomic E-state index is 0. The molecule has 4 heteroatoms. The van der Waals surface area contributed by atoms with Crippen molar-refractivity contribution < 1.29 is 0 Å². The van der Waals surface area contributed by atoms with E-state index in [0.29, 0.717) is 5.41 Å². The van der Waals surface area contributed by atoms with Gasteiger partial charge in [0.25, 0.3) is 0 Å². The summed E-state index contributed by atoms with van der Waals surface area (Å²) in [7, 11) is 8.24. The van der Waals surface area contributed by atoms with Crippen molar-refractivity contribution in [3.8, 4) is 0 Å². The Balaban J connectivity index is 0.00000220. The normalized spacial score (nSPS) is 15.4. The van der Waals surface area contributed by atoms with Crippen molar-refractivity contribution in [3.05, 3.63) is 35.9 Å². The first-order valence-corrected chi connectivity index (χ1v) is 7.45. The molecule has 1 saturated carbocycles. The maximum absolute atomic E-state index is 4.88. The van der Waals surface area contributed by atoms with Gasteiger partial charge in [0.15, 0.2) is 5.96 Å². The summed E-state index contributed by atoms with van der Waals surface area (Å²) >= 11 is 0. The van der Waals surface area contributed by atoms with E-state index in [4.69, 9.17) is 4.99 Å². The Morgan fingerprint density at radius 3 is 2.05 bits per heavy atom. The summed E-state index contributed by atoms with van der Waals surface area (Å²) in [6.45, 7) is 0.938. The van der Waals surface area contributed by atoms with Gasteiger partial charge in [-0.3, -0.25) is 4.99 Å². The monoisotopic (exact) mass is 401 g/mol. The SMILES string of the molecule is CN(C)C(=NCC1(Cc2ccccc2)CCC1)N(C)C.I. The Kier molecular flexibility index (Phi) is 6.97. The maximum atomic E-state index is 4.88. The molecule has 0 unspecified atom stereocenters. The second-order valence-corrected chi connectivity index (χ2v) is 6.42. The molecule has 0 radical (unpaired) electrons. The first kappa shape index (κ1) is 18.3. The molecule has 1 aromatic carbocycles. The van der Waals surface area contributed by atoms with E-state index in [-0.39, 0.29) is 24.0 Å². The van der Waals surface area contributed by atoms with Crippen LogP contribution < -0.4 is 0 Å². The zero-order valence-electron chi connectivity index (χ0n) is 13.7. The van der Waals surface area contributed by atoms with Crippen molar-refractivity contribution in [1.29, 1.82) is 0 Å². The second-order valence-electron chi connectivity index (χ2n) is 6.42. The number of hydrogen-bond donors (Lipinski definition) is 0. The molecule has 1 fully saturated rings. The Labute approximate surface area is 146 Å². The number of benzene rings is 1. The highest BCUT2D eigenvalue weighted by molar-refractivity contribution is 14.0. The number of hydrogen-bond acceptors (Lipinski definition) is 1. The van der Waals surface area contributed by atoms with E-state index in [1.165, 1.54) is 24.8 Å². The molecule has 21 heavy (non-hydrogen) atoms. The molecule has 0 N–H and O–H groups in total. The van der Waals surface area contributed by atoms with Crippen molar-refractivity contribution in [3.63, 3.8) is 0 Å². The zero-order valence-corrected chi connectivity index (χ0v) is 16.0. The summed E-state index contributed by atoms with van der Waals surface area (Å²) in [4.78, 5) is 9.07. The average Bonchev–Trinajstić information content (AvgIpc) is 2.36. The van der Waals surface area contributed by atoms with Crippen molar-refractivity contribution in [2.75, 3.05) is 34.7 Å². The molecular formula is C17H28IN3. The second kappa shape index (κ2) is 8.01. The number of nitrogens with zero attached hydrogens (tertiary/aromatic N) is 3. The molecule has 0 atom stereocenters. The van der Waals surface area contributed by atoms with Crippen LogP contribution in [0.5, 0.6) is 0 Å². The van der Waals surface area contributed by atoms with Crippen LogP contribution in [0, 0.1) is 5.41 Å². The van der Waals surface area contributed by atoms with Gasteiger partial charge in [-0.15, -0.1) is 24.0 Å². The lowest BCUT2D eigenvalue weighted by Crippen LogP contribution is -2.39. The van der Waals surface area contributed by atoms with Crippen molar-refractivity contribution in [1.82, 2.24) is 9.80 Å². The molecule has 2 rings (SSSR count). The zero-order chi connectivity index (χ0) is 14.6. The standard InChI is InChI=1S/C17H27N3.HI/c1-19(2)16(20(3)4)18-14-17(11-8-12-17)13-15-9-6-5-7-10-15;/h5-7,9-10H,8,11-14H2,1-4H3;1H. The lowest BCUT2D eigenvalue weighted by atomic mass is 9.65. The fourth-order valence-electron chi connectivity index (χ4n) is 3.02.